The minimum atomic E-state index is -2.79. The molecule has 0 spiro atoms. The lowest BCUT2D eigenvalue weighted by molar-refractivity contribution is -0.135. The molecule has 244 valence electrons. The topological polar surface area (TPSA) is 85.3 Å². The van der Waals surface area contributed by atoms with Gasteiger partial charge in [-0.3, -0.25) is 4.79 Å². The highest BCUT2D eigenvalue weighted by Crippen LogP contribution is 2.38. The number of hydrogen-bond acceptors (Lipinski definition) is 6. The lowest BCUT2D eigenvalue weighted by atomic mass is 9.95. The van der Waals surface area contributed by atoms with Crippen LogP contribution in [-0.4, -0.2) is 69.6 Å². The highest BCUT2D eigenvalue weighted by molar-refractivity contribution is 6.99. The third-order valence-corrected chi connectivity index (χ3v) is 18.8. The number of carbonyl (C=O) groups excluding carboxylic acids is 2. The van der Waals surface area contributed by atoms with Crippen LogP contribution in [0.2, 0.25) is 23.2 Å². The third kappa shape index (κ3) is 8.09. The zero-order chi connectivity index (χ0) is 32.8. The minimum absolute atomic E-state index is 0.186. The van der Waals surface area contributed by atoms with Gasteiger partial charge in [0, 0.05) is 13.2 Å². The quantitative estimate of drug-likeness (QED) is 0.252. The highest BCUT2D eigenvalue weighted by atomic mass is 28.4. The van der Waals surface area contributed by atoms with E-state index >= 15 is 0 Å². The van der Waals surface area contributed by atoms with Gasteiger partial charge in [0.2, 0.25) is 5.91 Å². The molecule has 1 N–H and O–H groups in total. The molecule has 0 aliphatic carbocycles. The molecule has 0 aromatic heterocycles. The molecule has 44 heavy (non-hydrogen) atoms. The first-order valence-electron chi connectivity index (χ1n) is 16.3. The highest BCUT2D eigenvalue weighted by Gasteiger charge is 2.51. The fourth-order valence-electron chi connectivity index (χ4n) is 6.49. The fraction of sp³-hybridized carbons (Fsp3) is 0.600. The Morgan fingerprint density at radius 2 is 1.41 bits per heavy atom. The lowest BCUT2D eigenvalue weighted by Gasteiger charge is -2.43. The molecule has 0 unspecified atom stereocenters. The number of aliphatic hydroxyl groups excluding tert-OH is 1. The average Bonchev–Trinajstić information content (AvgIpc) is 3.37. The summed E-state index contributed by atoms with van der Waals surface area (Å²) in [5.74, 6) is -1.14. The largest absolute Gasteiger partial charge is 0.443 e. The summed E-state index contributed by atoms with van der Waals surface area (Å²) in [5, 5.41) is 14.0. The van der Waals surface area contributed by atoms with Crippen LogP contribution in [0.5, 0.6) is 0 Å². The molecule has 1 saturated heterocycles. The van der Waals surface area contributed by atoms with Gasteiger partial charge in [0.05, 0.1) is 18.1 Å². The Labute approximate surface area is 267 Å². The molecular weight excluding hydrogens is 587 g/mol. The van der Waals surface area contributed by atoms with Crippen molar-refractivity contribution < 1.29 is 28.3 Å². The number of likely N-dealkylation sites (tertiary alicyclic amines) is 1. The van der Waals surface area contributed by atoms with E-state index in [4.69, 9.17) is 13.6 Å². The fourth-order valence-corrected chi connectivity index (χ4v) is 14.0. The number of benzene rings is 2. The third-order valence-electron chi connectivity index (χ3n) is 9.13. The monoisotopic (exact) mass is 641 g/mol. The summed E-state index contributed by atoms with van der Waals surface area (Å²) in [7, 11) is -4.96. The molecule has 1 heterocycles. The molecule has 3 rings (SSSR count). The molecule has 2 amide bonds. The van der Waals surface area contributed by atoms with Crippen LogP contribution in [0.25, 0.3) is 0 Å². The van der Waals surface area contributed by atoms with Crippen molar-refractivity contribution >= 4 is 39.0 Å². The molecule has 1 aliphatic heterocycles. The number of carbonyl (C=O) groups is 2. The maximum atomic E-state index is 13.5. The van der Waals surface area contributed by atoms with Gasteiger partial charge in [0.1, 0.15) is 5.60 Å². The summed E-state index contributed by atoms with van der Waals surface area (Å²) in [5.41, 5.74) is -0.716. The Morgan fingerprint density at radius 1 is 0.909 bits per heavy atom. The Morgan fingerprint density at radius 3 is 1.84 bits per heavy atom. The Kier molecular flexibility index (Phi) is 12.2. The summed E-state index contributed by atoms with van der Waals surface area (Å²) in [6.07, 6.45) is -1.50. The summed E-state index contributed by atoms with van der Waals surface area (Å²) < 4.78 is 19.6. The van der Waals surface area contributed by atoms with E-state index in [1.165, 1.54) is 10.4 Å². The second kappa shape index (κ2) is 14.9. The number of aliphatic hydroxyl groups is 1. The maximum absolute atomic E-state index is 13.5. The number of hydrogen-bond donors (Lipinski definition) is 1. The molecular formula is C35H55NO6Si2. The molecule has 0 radical (unpaired) electrons. The van der Waals surface area contributed by atoms with Gasteiger partial charge in [-0.15, -0.1) is 0 Å². The predicted octanol–water partition coefficient (Wildman–Crippen LogP) is 6.49. The van der Waals surface area contributed by atoms with Crippen molar-refractivity contribution in [2.24, 2.45) is 5.92 Å². The number of rotatable bonds is 13. The first kappa shape index (κ1) is 36.2. The summed E-state index contributed by atoms with van der Waals surface area (Å²) in [6, 6.07) is 23.7. The van der Waals surface area contributed by atoms with E-state index in [9.17, 15) is 14.7 Å². The van der Waals surface area contributed by atoms with Crippen LogP contribution in [0.4, 0.5) is 4.79 Å². The zero-order valence-electron chi connectivity index (χ0n) is 28.4. The van der Waals surface area contributed by atoms with Gasteiger partial charge < -0.3 is 18.7 Å². The molecule has 9 heteroatoms. The van der Waals surface area contributed by atoms with E-state index in [1.54, 1.807) is 20.8 Å². The van der Waals surface area contributed by atoms with Crippen LogP contribution in [-0.2, 0) is 18.4 Å². The van der Waals surface area contributed by atoms with E-state index in [1.807, 2.05) is 12.1 Å². The van der Waals surface area contributed by atoms with Crippen LogP contribution in [0, 0.1) is 5.92 Å². The van der Waals surface area contributed by atoms with Crippen molar-refractivity contribution in [3.63, 3.8) is 0 Å². The molecule has 1 fully saturated rings. The van der Waals surface area contributed by atoms with Crippen molar-refractivity contribution in [2.75, 3.05) is 13.2 Å². The standard InChI is InChI=1S/C35H55NO6Si2/c1-10-43(11-2,12-3)42-30(31(37)29-23-25-36(32(29)38)33(39)41-34(4,5)6)24-26-40-44(35(7,8)9,27-19-15-13-16-20-27)28-21-17-14-18-22-28/h13-22,29-31,37H,10-12,23-26H2,1-9H3/t29-,30-,31-/m0/s1. The van der Waals surface area contributed by atoms with Crippen LogP contribution in [0.1, 0.15) is 75.2 Å². The second-order valence-electron chi connectivity index (χ2n) is 14.1. The van der Waals surface area contributed by atoms with Gasteiger partial charge in [-0.1, -0.05) is 102 Å². The first-order chi connectivity index (χ1) is 20.6. The predicted molar refractivity (Wildman–Crippen MR) is 182 cm³/mol. The van der Waals surface area contributed by atoms with Crippen molar-refractivity contribution in [3.05, 3.63) is 60.7 Å². The first-order valence-corrected chi connectivity index (χ1v) is 20.7. The number of ether oxygens (including phenoxy) is 1. The van der Waals surface area contributed by atoms with Gasteiger partial charge in [0.15, 0.2) is 8.32 Å². The number of imide groups is 1. The average molecular weight is 642 g/mol. The Balaban J connectivity index is 1.93. The molecule has 7 nitrogen and oxygen atoms in total. The zero-order valence-corrected chi connectivity index (χ0v) is 30.4. The normalized spacial score (nSPS) is 17.9. The SMILES string of the molecule is CC[Si](CC)(CC)O[C@@H](CCO[Si](c1ccccc1)(c1ccccc1)C(C)(C)C)[C@@H](O)[C@@H]1CCN(C(=O)OC(C)(C)C)C1=O. The Hall–Kier alpha value is -2.31. The molecule has 2 aromatic carbocycles. The van der Waals surface area contributed by atoms with Crippen LogP contribution in [0.3, 0.4) is 0 Å². The van der Waals surface area contributed by atoms with Crippen molar-refractivity contribution in [2.45, 2.75) is 116 Å². The van der Waals surface area contributed by atoms with Crippen LogP contribution in [0.15, 0.2) is 60.7 Å². The van der Waals surface area contributed by atoms with E-state index < -0.39 is 52.4 Å². The van der Waals surface area contributed by atoms with E-state index in [0.717, 1.165) is 23.0 Å². The van der Waals surface area contributed by atoms with E-state index in [2.05, 4.69) is 90.1 Å². The molecule has 2 aromatic rings. The van der Waals surface area contributed by atoms with Gasteiger partial charge >= 0.3 is 6.09 Å². The lowest BCUT2D eigenvalue weighted by Crippen LogP contribution is -2.66. The van der Waals surface area contributed by atoms with Crippen molar-refractivity contribution in [1.29, 1.82) is 0 Å². The Bertz CT molecular complexity index is 1160. The molecule has 0 saturated carbocycles. The number of nitrogens with zero attached hydrogens (tertiary/aromatic N) is 1. The maximum Gasteiger partial charge on any atom is 0.417 e. The van der Waals surface area contributed by atoms with Gasteiger partial charge in [-0.05, 0) is 67.2 Å². The van der Waals surface area contributed by atoms with E-state index in [-0.39, 0.29) is 11.6 Å². The second-order valence-corrected chi connectivity index (χ2v) is 23.1. The van der Waals surface area contributed by atoms with Crippen LogP contribution >= 0.6 is 0 Å². The van der Waals surface area contributed by atoms with Gasteiger partial charge in [0.25, 0.3) is 8.32 Å². The smallest absolute Gasteiger partial charge is 0.417 e. The van der Waals surface area contributed by atoms with Crippen molar-refractivity contribution in [1.82, 2.24) is 4.90 Å². The van der Waals surface area contributed by atoms with Crippen LogP contribution < -0.4 is 10.4 Å². The summed E-state index contributed by atoms with van der Waals surface area (Å²) >= 11 is 0. The van der Waals surface area contributed by atoms with Gasteiger partial charge in [-0.2, -0.15) is 0 Å². The minimum Gasteiger partial charge on any atom is -0.443 e. The van der Waals surface area contributed by atoms with E-state index in [0.29, 0.717) is 19.4 Å². The summed E-state index contributed by atoms with van der Waals surface area (Å²) in [6.45, 7) is 19.1. The van der Waals surface area contributed by atoms with Gasteiger partial charge in [-0.25, -0.2) is 9.69 Å². The molecule has 1 aliphatic rings. The number of amides is 2. The molecule has 0 bridgehead atoms. The molecule has 3 atom stereocenters. The van der Waals surface area contributed by atoms with Crippen molar-refractivity contribution in [3.8, 4) is 0 Å². The summed E-state index contributed by atoms with van der Waals surface area (Å²) in [4.78, 5) is 27.4.